The van der Waals surface area contributed by atoms with Crippen molar-refractivity contribution in [2.75, 3.05) is 0 Å². The summed E-state index contributed by atoms with van der Waals surface area (Å²) in [7, 11) is 0. The summed E-state index contributed by atoms with van der Waals surface area (Å²) in [5, 5.41) is 5.49. The van der Waals surface area contributed by atoms with Crippen molar-refractivity contribution in [3.63, 3.8) is 0 Å². The molecule has 0 nitrogen and oxygen atoms in total. The molecule has 0 bridgehead atoms. The summed E-state index contributed by atoms with van der Waals surface area (Å²) in [5.41, 5.74) is 12.8. The Labute approximate surface area is 318 Å². The molecule has 0 saturated heterocycles. The van der Waals surface area contributed by atoms with E-state index in [2.05, 4.69) is 180 Å². The Bertz CT molecular complexity index is 1790. The monoisotopic (exact) mass is 752 g/mol. The molecule has 1 atom stereocenters. The van der Waals surface area contributed by atoms with Gasteiger partial charge < -0.3 is 24.8 Å². The van der Waals surface area contributed by atoms with Crippen LogP contribution in [0.3, 0.4) is 0 Å². The predicted molar refractivity (Wildman–Crippen MR) is 200 cm³/mol. The van der Waals surface area contributed by atoms with Gasteiger partial charge in [0, 0.05) is 0 Å². The molecule has 0 spiro atoms. The van der Waals surface area contributed by atoms with E-state index in [9.17, 15) is 0 Å². The fourth-order valence-corrected chi connectivity index (χ4v) is 6.52. The number of rotatable bonds is 2. The molecule has 0 radical (unpaired) electrons. The summed E-state index contributed by atoms with van der Waals surface area (Å²) in [6, 6.07) is 33.7. The first-order valence-corrected chi connectivity index (χ1v) is 17.8. The van der Waals surface area contributed by atoms with Crippen molar-refractivity contribution in [3.05, 3.63) is 147 Å². The van der Waals surface area contributed by atoms with Crippen molar-refractivity contribution < 1.29 is 49.0 Å². The second kappa shape index (κ2) is 17.0. The van der Waals surface area contributed by atoms with Crippen LogP contribution in [0.4, 0.5) is 0 Å². The maximum Gasteiger partial charge on any atom is -1.00 e. The summed E-state index contributed by atoms with van der Waals surface area (Å²) in [4.78, 5) is 0. The topological polar surface area (TPSA) is 0 Å². The molecule has 48 heavy (non-hydrogen) atoms. The Kier molecular flexibility index (Phi) is 14.8. The van der Waals surface area contributed by atoms with Crippen LogP contribution >= 0.6 is 0 Å². The Balaban J connectivity index is 0.000000264. The van der Waals surface area contributed by atoms with Gasteiger partial charge in [-0.15, -0.1) is 46.7 Å². The molecule has 0 aliphatic heterocycles. The van der Waals surface area contributed by atoms with E-state index in [0.29, 0.717) is 5.92 Å². The number of aryl methyl sites for hydroxylation is 2. The average molecular weight is 755 g/mol. The number of allylic oxidation sites excluding steroid dienone is 4. The number of hydrogen-bond donors (Lipinski definition) is 0. The normalized spacial score (nSPS) is 14.3. The van der Waals surface area contributed by atoms with Gasteiger partial charge in [-0.2, -0.15) is 11.1 Å². The molecule has 0 N–H and O–H groups in total. The van der Waals surface area contributed by atoms with Gasteiger partial charge in [-0.1, -0.05) is 104 Å². The first-order valence-electron chi connectivity index (χ1n) is 16.6. The maximum atomic E-state index is 3.36. The Morgan fingerprint density at radius 2 is 0.979 bits per heavy atom. The van der Waals surface area contributed by atoms with Crippen molar-refractivity contribution in [2.24, 2.45) is 5.92 Å². The second-order valence-corrected chi connectivity index (χ2v) is 16.4. The van der Waals surface area contributed by atoms with Crippen LogP contribution in [0.1, 0.15) is 103 Å². The van der Waals surface area contributed by atoms with Crippen molar-refractivity contribution in [1.82, 2.24) is 0 Å². The van der Waals surface area contributed by atoms with Gasteiger partial charge in [0.1, 0.15) is 0 Å². The Hall–Kier alpha value is -2.44. The molecule has 6 rings (SSSR count). The molecule has 1 aliphatic carbocycles. The van der Waals surface area contributed by atoms with Crippen LogP contribution in [0.15, 0.2) is 108 Å². The summed E-state index contributed by atoms with van der Waals surface area (Å²) >= 11 is 1.46. The van der Waals surface area contributed by atoms with Gasteiger partial charge in [-0.3, -0.25) is 6.08 Å². The van der Waals surface area contributed by atoms with Crippen LogP contribution < -0.4 is 24.8 Å². The van der Waals surface area contributed by atoms with Gasteiger partial charge in [0.2, 0.25) is 0 Å². The first-order chi connectivity index (χ1) is 21.5. The summed E-state index contributed by atoms with van der Waals surface area (Å²) in [5.74, 6) is 0.560. The summed E-state index contributed by atoms with van der Waals surface area (Å²) < 4.78 is 1.42. The molecule has 0 heterocycles. The molecule has 5 aromatic rings. The zero-order valence-corrected chi connectivity index (χ0v) is 35.0. The van der Waals surface area contributed by atoms with E-state index < -0.39 is 0 Å². The van der Waals surface area contributed by atoms with Crippen LogP contribution in [-0.4, -0.2) is 3.21 Å². The van der Waals surface area contributed by atoms with E-state index in [0.717, 1.165) is 0 Å². The Morgan fingerprint density at radius 1 is 0.604 bits per heavy atom. The molecule has 252 valence electrons. The molecule has 0 saturated carbocycles. The van der Waals surface area contributed by atoms with E-state index in [4.69, 9.17) is 0 Å². The van der Waals surface area contributed by atoms with E-state index in [1.807, 2.05) is 0 Å². The van der Waals surface area contributed by atoms with Crippen molar-refractivity contribution in [2.45, 2.75) is 93.9 Å². The molecule has 5 aromatic carbocycles. The average Bonchev–Trinajstić information content (AvgIpc) is 3.48. The summed E-state index contributed by atoms with van der Waals surface area (Å²) in [6.45, 7) is 26.6. The van der Waals surface area contributed by atoms with Gasteiger partial charge in [0.15, 0.2) is 0 Å². The zero-order chi connectivity index (χ0) is 34.0. The third-order valence-corrected chi connectivity index (χ3v) is 10.8. The van der Waals surface area contributed by atoms with Crippen molar-refractivity contribution in [1.29, 1.82) is 0 Å². The molecular formula is C45H52Cl2Zr-2. The van der Waals surface area contributed by atoms with Gasteiger partial charge in [-0.25, -0.2) is 5.57 Å². The molecular weight excluding hydrogens is 703 g/mol. The fraction of sp³-hybridized carbons (Fsp3) is 0.333. The number of hydrogen-bond acceptors (Lipinski definition) is 0. The predicted octanol–water partition coefficient (Wildman–Crippen LogP) is 6.46. The van der Waals surface area contributed by atoms with Crippen LogP contribution in [0.25, 0.3) is 21.5 Å². The number of benzene rings is 4. The van der Waals surface area contributed by atoms with Crippen LogP contribution in [-0.2, 0) is 35.1 Å². The minimum absolute atomic E-state index is 0. The van der Waals surface area contributed by atoms with Crippen LogP contribution in [0.2, 0.25) is 0 Å². The molecule has 0 fully saturated rings. The molecule has 0 aromatic heterocycles. The fourth-order valence-electron chi connectivity index (χ4n) is 5.70. The molecule has 0 amide bonds. The maximum absolute atomic E-state index is 3.36. The third-order valence-electron chi connectivity index (χ3n) is 9.36. The van der Waals surface area contributed by atoms with E-state index in [-0.39, 0.29) is 35.6 Å². The van der Waals surface area contributed by atoms with E-state index >= 15 is 0 Å². The van der Waals surface area contributed by atoms with Gasteiger partial charge >= 0.3 is 112 Å². The molecule has 1 unspecified atom stereocenters. The standard InChI is InChI=1S/C21H25.C15H14.C9H13.2ClH.Zr/c1-20(2,3)16-9-7-14-11-15-8-10-17(21(4,5)6)13-19(15)18(14)12-16;1-12-3-7-14(8-4-12)11-15-9-5-13(2)6-10-15;1-6-5-7(2)9(4)8(6)3;;;/h7-13H,1-6H3;3-10H,1-2H3;6H,1-4H3;2*1H;/q-1;;-1;;;+2/p-2. The van der Waals surface area contributed by atoms with E-state index in [1.54, 1.807) is 0 Å². The third kappa shape index (κ3) is 10.3. The zero-order valence-electron chi connectivity index (χ0n) is 31.0. The summed E-state index contributed by atoms with van der Waals surface area (Å²) in [6.07, 6.45) is 3.36. The molecule has 1 aliphatic rings. The first kappa shape index (κ1) is 41.7. The van der Waals surface area contributed by atoms with Gasteiger partial charge in [0.05, 0.1) is 0 Å². The van der Waals surface area contributed by atoms with Crippen molar-refractivity contribution >= 4 is 24.8 Å². The minimum Gasteiger partial charge on any atom is -1.00 e. The largest absolute Gasteiger partial charge is 1.00 e. The van der Waals surface area contributed by atoms with Gasteiger partial charge in [0.25, 0.3) is 0 Å². The smallest absolute Gasteiger partial charge is 1.00 e. The second-order valence-electron chi connectivity index (χ2n) is 15.2. The minimum atomic E-state index is 0. The molecule has 3 heteroatoms. The number of halogens is 2. The van der Waals surface area contributed by atoms with Gasteiger partial charge in [-0.05, 0) is 10.8 Å². The quantitative estimate of drug-likeness (QED) is 0.182. The SMILES string of the molecule is CC(C)(C)c1ccc2[cH-]c3ccc(C(C)(C)C)cc3c2c1.CC1=[C-]C(C)C(C)=C1C.Cc1ccc([C](=[Zr+2])c2ccc(C)cc2)cc1.[Cl-].[Cl-]. The van der Waals surface area contributed by atoms with Crippen LogP contribution in [0.5, 0.6) is 0 Å². The van der Waals surface area contributed by atoms with Crippen molar-refractivity contribution in [3.8, 4) is 0 Å². The number of fused-ring (bicyclic) bond motifs is 3. The van der Waals surface area contributed by atoms with Crippen LogP contribution in [0, 0.1) is 25.8 Å². The van der Waals surface area contributed by atoms with E-state index in [1.165, 1.54) is 99.1 Å². The Morgan fingerprint density at radius 3 is 1.25 bits per heavy atom.